The van der Waals surface area contributed by atoms with Gasteiger partial charge in [0.05, 0.1) is 6.10 Å². The zero-order chi connectivity index (χ0) is 12.4. The van der Waals surface area contributed by atoms with Gasteiger partial charge in [-0.1, -0.05) is 6.07 Å². The number of aliphatic hydroxyl groups is 1. The molecule has 0 aliphatic heterocycles. The fourth-order valence-electron chi connectivity index (χ4n) is 1.85. The Hall–Kier alpha value is -1.55. The number of amides is 1. The van der Waals surface area contributed by atoms with E-state index in [4.69, 9.17) is 0 Å². The smallest absolute Gasteiger partial charge is 0.253 e. The Morgan fingerprint density at radius 1 is 1.53 bits per heavy atom. The van der Waals surface area contributed by atoms with Gasteiger partial charge in [0.1, 0.15) is 5.75 Å². The number of hydrogen-bond donors (Lipinski definition) is 2. The molecule has 1 aromatic rings. The molecular weight excluding hydrogens is 218 g/mol. The molecule has 0 bridgehead atoms. The van der Waals surface area contributed by atoms with Gasteiger partial charge in [-0.25, -0.2) is 0 Å². The maximum atomic E-state index is 12.0. The molecule has 1 amide bonds. The lowest BCUT2D eigenvalue weighted by Crippen LogP contribution is -2.35. The second-order valence-corrected chi connectivity index (χ2v) is 4.64. The first-order valence-corrected chi connectivity index (χ1v) is 5.80. The fraction of sp³-hybridized carbons (Fsp3) is 0.462. The van der Waals surface area contributed by atoms with Crippen LogP contribution in [0.4, 0.5) is 0 Å². The van der Waals surface area contributed by atoms with Crippen molar-refractivity contribution < 1.29 is 15.0 Å². The number of carbonyl (C=O) groups is 1. The van der Waals surface area contributed by atoms with Gasteiger partial charge >= 0.3 is 0 Å². The lowest BCUT2D eigenvalue weighted by molar-refractivity contribution is 0.0645. The van der Waals surface area contributed by atoms with E-state index in [0.717, 1.165) is 12.8 Å². The van der Waals surface area contributed by atoms with Crippen LogP contribution in [-0.2, 0) is 0 Å². The predicted octanol–water partition coefficient (Wildman–Crippen LogP) is 1.24. The number of rotatable bonds is 4. The Labute approximate surface area is 100 Å². The first-order chi connectivity index (χ1) is 8.08. The second kappa shape index (κ2) is 4.75. The zero-order valence-corrected chi connectivity index (χ0v) is 9.84. The van der Waals surface area contributed by atoms with Crippen molar-refractivity contribution >= 4 is 5.91 Å². The number of hydrogen-bond acceptors (Lipinski definition) is 3. The highest BCUT2D eigenvalue weighted by Crippen LogP contribution is 2.32. The zero-order valence-electron chi connectivity index (χ0n) is 9.84. The van der Waals surface area contributed by atoms with Crippen LogP contribution in [0, 0.1) is 5.92 Å². The van der Waals surface area contributed by atoms with E-state index in [1.807, 2.05) is 0 Å². The standard InChI is InChI=1S/C13H17NO3/c1-14(8-12(16)9-5-6-9)13(17)10-3-2-4-11(15)7-10/h2-4,7,9,12,15-16H,5-6,8H2,1H3. The van der Waals surface area contributed by atoms with Crippen LogP contribution < -0.4 is 0 Å². The molecule has 4 heteroatoms. The summed E-state index contributed by atoms with van der Waals surface area (Å²) in [5, 5.41) is 19.1. The van der Waals surface area contributed by atoms with Crippen LogP contribution in [-0.4, -0.2) is 40.7 Å². The van der Waals surface area contributed by atoms with E-state index in [-0.39, 0.29) is 11.7 Å². The topological polar surface area (TPSA) is 60.8 Å². The minimum absolute atomic E-state index is 0.0759. The van der Waals surface area contributed by atoms with E-state index in [1.54, 1.807) is 19.2 Å². The summed E-state index contributed by atoms with van der Waals surface area (Å²) in [5.74, 6) is 0.252. The van der Waals surface area contributed by atoms with Crippen molar-refractivity contribution in [3.63, 3.8) is 0 Å². The minimum Gasteiger partial charge on any atom is -0.508 e. The van der Waals surface area contributed by atoms with E-state index < -0.39 is 6.10 Å². The molecule has 1 saturated carbocycles. The molecule has 2 N–H and O–H groups in total. The molecule has 1 unspecified atom stereocenters. The number of phenols is 1. The third-order valence-electron chi connectivity index (χ3n) is 3.07. The molecule has 0 heterocycles. The summed E-state index contributed by atoms with van der Waals surface area (Å²) in [5.41, 5.74) is 0.440. The molecule has 92 valence electrons. The average molecular weight is 235 g/mol. The lowest BCUT2D eigenvalue weighted by atomic mass is 10.1. The van der Waals surface area contributed by atoms with E-state index in [1.165, 1.54) is 17.0 Å². The Morgan fingerprint density at radius 3 is 2.82 bits per heavy atom. The number of likely N-dealkylation sites (N-methyl/N-ethyl adjacent to an activating group) is 1. The molecule has 0 aromatic heterocycles. The van der Waals surface area contributed by atoms with Crippen LogP contribution in [0.1, 0.15) is 23.2 Å². The largest absolute Gasteiger partial charge is 0.508 e. The predicted molar refractivity (Wildman–Crippen MR) is 63.8 cm³/mol. The maximum absolute atomic E-state index is 12.0. The molecule has 4 nitrogen and oxygen atoms in total. The van der Waals surface area contributed by atoms with Crippen LogP contribution in [0.2, 0.25) is 0 Å². The molecule has 17 heavy (non-hydrogen) atoms. The SMILES string of the molecule is CN(CC(O)C1CC1)C(=O)c1cccc(O)c1. The molecule has 1 atom stereocenters. The Kier molecular flexibility index (Phi) is 3.33. The van der Waals surface area contributed by atoms with Crippen molar-refractivity contribution in [1.29, 1.82) is 0 Å². The van der Waals surface area contributed by atoms with Crippen LogP contribution >= 0.6 is 0 Å². The summed E-state index contributed by atoms with van der Waals surface area (Å²) >= 11 is 0. The van der Waals surface area contributed by atoms with Crippen molar-refractivity contribution in [3.8, 4) is 5.75 Å². The maximum Gasteiger partial charge on any atom is 0.253 e. The summed E-state index contributed by atoms with van der Waals surface area (Å²) in [6, 6.07) is 6.24. The number of aliphatic hydroxyl groups excluding tert-OH is 1. The molecule has 1 fully saturated rings. The van der Waals surface area contributed by atoms with Crippen molar-refractivity contribution in [2.24, 2.45) is 5.92 Å². The molecule has 0 saturated heterocycles. The lowest BCUT2D eigenvalue weighted by Gasteiger charge is -2.20. The summed E-state index contributed by atoms with van der Waals surface area (Å²) in [4.78, 5) is 13.5. The number of benzene rings is 1. The second-order valence-electron chi connectivity index (χ2n) is 4.64. The molecule has 1 aromatic carbocycles. The normalized spacial score (nSPS) is 16.6. The molecular formula is C13H17NO3. The van der Waals surface area contributed by atoms with Crippen molar-refractivity contribution in [2.75, 3.05) is 13.6 Å². The molecule has 2 rings (SSSR count). The summed E-state index contributed by atoms with van der Waals surface area (Å²) in [6.45, 7) is 0.346. The van der Waals surface area contributed by atoms with Gasteiger partial charge < -0.3 is 15.1 Å². The summed E-state index contributed by atoms with van der Waals surface area (Å²) < 4.78 is 0. The van der Waals surface area contributed by atoms with E-state index >= 15 is 0 Å². The monoisotopic (exact) mass is 235 g/mol. The van der Waals surface area contributed by atoms with Crippen molar-refractivity contribution in [3.05, 3.63) is 29.8 Å². The highest BCUT2D eigenvalue weighted by atomic mass is 16.3. The van der Waals surface area contributed by atoms with Gasteiger partial charge in [0.15, 0.2) is 0 Å². The Balaban J connectivity index is 1.98. The van der Waals surface area contributed by atoms with E-state index in [0.29, 0.717) is 18.0 Å². The van der Waals surface area contributed by atoms with Gasteiger partial charge in [0.25, 0.3) is 5.91 Å². The number of carbonyl (C=O) groups excluding carboxylic acids is 1. The third-order valence-corrected chi connectivity index (χ3v) is 3.07. The van der Waals surface area contributed by atoms with E-state index in [2.05, 4.69) is 0 Å². The molecule has 0 radical (unpaired) electrons. The third kappa shape index (κ3) is 2.97. The van der Waals surface area contributed by atoms with E-state index in [9.17, 15) is 15.0 Å². The quantitative estimate of drug-likeness (QED) is 0.825. The van der Waals surface area contributed by atoms with Crippen molar-refractivity contribution in [2.45, 2.75) is 18.9 Å². The molecule has 1 aliphatic rings. The first-order valence-electron chi connectivity index (χ1n) is 5.80. The van der Waals surface area contributed by atoms with Gasteiger partial charge in [-0.2, -0.15) is 0 Å². The molecule has 1 aliphatic carbocycles. The van der Waals surface area contributed by atoms with Crippen LogP contribution in [0.15, 0.2) is 24.3 Å². The van der Waals surface area contributed by atoms with Gasteiger partial charge in [-0.05, 0) is 37.0 Å². The van der Waals surface area contributed by atoms with Gasteiger partial charge in [0, 0.05) is 19.2 Å². The summed E-state index contributed by atoms with van der Waals surface area (Å²) in [7, 11) is 1.66. The summed E-state index contributed by atoms with van der Waals surface area (Å²) in [6.07, 6.45) is 1.67. The first kappa shape index (κ1) is 11.9. The van der Waals surface area contributed by atoms with Gasteiger partial charge in [-0.15, -0.1) is 0 Å². The van der Waals surface area contributed by atoms with Gasteiger partial charge in [0.2, 0.25) is 0 Å². The fourth-order valence-corrected chi connectivity index (χ4v) is 1.85. The van der Waals surface area contributed by atoms with Crippen LogP contribution in [0.25, 0.3) is 0 Å². The highest BCUT2D eigenvalue weighted by Gasteiger charge is 2.31. The Morgan fingerprint density at radius 2 is 2.24 bits per heavy atom. The van der Waals surface area contributed by atoms with Gasteiger partial charge in [-0.3, -0.25) is 4.79 Å². The number of aromatic hydroxyl groups is 1. The number of phenolic OH excluding ortho intramolecular Hbond substituents is 1. The average Bonchev–Trinajstić information content (AvgIpc) is 3.11. The minimum atomic E-state index is -0.429. The molecule has 0 spiro atoms. The van der Waals surface area contributed by atoms with Crippen molar-refractivity contribution in [1.82, 2.24) is 4.90 Å². The van der Waals surface area contributed by atoms with Crippen LogP contribution in [0.3, 0.4) is 0 Å². The van der Waals surface area contributed by atoms with Crippen LogP contribution in [0.5, 0.6) is 5.75 Å². The Bertz CT molecular complexity index is 415. The number of nitrogens with zero attached hydrogens (tertiary/aromatic N) is 1. The highest BCUT2D eigenvalue weighted by molar-refractivity contribution is 5.94.